The molecule has 0 spiro atoms. The Kier molecular flexibility index (Phi) is 4.16. The van der Waals surface area contributed by atoms with E-state index in [-0.39, 0.29) is 5.56 Å². The van der Waals surface area contributed by atoms with E-state index in [1.54, 1.807) is 0 Å². The SMILES string of the molecule is O=c1[nH]cnc(NCC[C@H]2CCCN2)c1I. The van der Waals surface area contributed by atoms with Gasteiger partial charge in [-0.25, -0.2) is 4.98 Å². The molecule has 6 heteroatoms. The number of nitrogens with zero attached hydrogens (tertiary/aromatic N) is 1. The predicted molar refractivity (Wildman–Crippen MR) is 71.7 cm³/mol. The minimum Gasteiger partial charge on any atom is -0.369 e. The Morgan fingerprint density at radius 1 is 1.62 bits per heavy atom. The molecular formula is C10H15IN4O. The number of anilines is 1. The highest BCUT2D eigenvalue weighted by molar-refractivity contribution is 14.1. The second kappa shape index (κ2) is 5.62. The van der Waals surface area contributed by atoms with E-state index in [2.05, 4.69) is 20.6 Å². The molecule has 3 N–H and O–H groups in total. The van der Waals surface area contributed by atoms with Crippen LogP contribution in [0.1, 0.15) is 19.3 Å². The van der Waals surface area contributed by atoms with Crippen molar-refractivity contribution >= 4 is 28.4 Å². The van der Waals surface area contributed by atoms with Gasteiger partial charge in [-0.05, 0) is 48.4 Å². The molecule has 1 aromatic rings. The second-order valence-electron chi connectivity index (χ2n) is 3.90. The molecule has 0 unspecified atom stereocenters. The molecule has 0 aliphatic carbocycles. The van der Waals surface area contributed by atoms with E-state index in [4.69, 9.17) is 0 Å². The van der Waals surface area contributed by atoms with Crippen LogP contribution in [0, 0.1) is 3.57 Å². The van der Waals surface area contributed by atoms with Crippen molar-refractivity contribution in [3.8, 4) is 0 Å². The van der Waals surface area contributed by atoms with Crippen LogP contribution in [0.15, 0.2) is 11.1 Å². The van der Waals surface area contributed by atoms with Gasteiger partial charge in [0.15, 0.2) is 0 Å². The Bertz CT molecular complexity index is 400. The Balaban J connectivity index is 1.84. The molecule has 16 heavy (non-hydrogen) atoms. The smallest absolute Gasteiger partial charge is 0.266 e. The highest BCUT2D eigenvalue weighted by Crippen LogP contribution is 2.11. The number of aromatic amines is 1. The van der Waals surface area contributed by atoms with Gasteiger partial charge in [-0.3, -0.25) is 4.79 Å². The van der Waals surface area contributed by atoms with E-state index in [9.17, 15) is 4.79 Å². The van der Waals surface area contributed by atoms with Crippen molar-refractivity contribution < 1.29 is 0 Å². The third-order valence-corrected chi connectivity index (χ3v) is 3.74. The lowest BCUT2D eigenvalue weighted by Gasteiger charge is -2.11. The molecule has 88 valence electrons. The summed E-state index contributed by atoms with van der Waals surface area (Å²) in [4.78, 5) is 18.0. The summed E-state index contributed by atoms with van der Waals surface area (Å²) >= 11 is 2.01. The maximum atomic E-state index is 11.3. The van der Waals surface area contributed by atoms with Crippen LogP contribution in [0.4, 0.5) is 5.82 Å². The lowest BCUT2D eigenvalue weighted by molar-refractivity contribution is 0.574. The highest BCUT2D eigenvalue weighted by atomic mass is 127. The van der Waals surface area contributed by atoms with Gasteiger partial charge in [-0.2, -0.15) is 0 Å². The molecule has 2 heterocycles. The van der Waals surface area contributed by atoms with Crippen molar-refractivity contribution in [1.29, 1.82) is 0 Å². The van der Waals surface area contributed by atoms with Crippen molar-refractivity contribution in [3.63, 3.8) is 0 Å². The van der Waals surface area contributed by atoms with Gasteiger partial charge in [0.2, 0.25) is 0 Å². The number of nitrogens with one attached hydrogen (secondary N) is 3. The van der Waals surface area contributed by atoms with Crippen molar-refractivity contribution in [3.05, 3.63) is 20.3 Å². The molecule has 1 aliphatic heterocycles. The molecule has 5 nitrogen and oxygen atoms in total. The van der Waals surface area contributed by atoms with Crippen molar-refractivity contribution in [2.75, 3.05) is 18.4 Å². The first-order chi connectivity index (χ1) is 7.77. The Labute approximate surface area is 108 Å². The molecule has 0 radical (unpaired) electrons. The molecule has 0 aromatic carbocycles. The van der Waals surface area contributed by atoms with E-state index >= 15 is 0 Å². The zero-order chi connectivity index (χ0) is 11.4. The number of aromatic nitrogens is 2. The average Bonchev–Trinajstić information content (AvgIpc) is 2.77. The quantitative estimate of drug-likeness (QED) is 0.717. The summed E-state index contributed by atoms with van der Waals surface area (Å²) in [5, 5.41) is 6.64. The van der Waals surface area contributed by atoms with Gasteiger partial charge in [0.25, 0.3) is 5.56 Å². The van der Waals surface area contributed by atoms with Gasteiger partial charge >= 0.3 is 0 Å². The minimum atomic E-state index is -0.0860. The van der Waals surface area contributed by atoms with Gasteiger partial charge < -0.3 is 15.6 Å². The number of rotatable bonds is 4. The van der Waals surface area contributed by atoms with Crippen LogP contribution in [0.25, 0.3) is 0 Å². The lowest BCUT2D eigenvalue weighted by atomic mass is 10.1. The minimum absolute atomic E-state index is 0.0860. The zero-order valence-electron chi connectivity index (χ0n) is 8.92. The lowest BCUT2D eigenvalue weighted by Crippen LogP contribution is -2.25. The first kappa shape index (κ1) is 11.8. The number of hydrogen-bond acceptors (Lipinski definition) is 4. The fourth-order valence-corrected chi connectivity index (χ4v) is 2.36. The summed E-state index contributed by atoms with van der Waals surface area (Å²) < 4.78 is 0.625. The van der Waals surface area contributed by atoms with E-state index in [1.165, 1.54) is 19.2 Å². The largest absolute Gasteiger partial charge is 0.369 e. The molecule has 1 saturated heterocycles. The third-order valence-electron chi connectivity index (χ3n) is 2.74. The van der Waals surface area contributed by atoms with Gasteiger partial charge in [-0.15, -0.1) is 0 Å². The third kappa shape index (κ3) is 2.94. The fourth-order valence-electron chi connectivity index (χ4n) is 1.87. The molecule has 0 saturated carbocycles. The first-order valence-corrected chi connectivity index (χ1v) is 6.55. The summed E-state index contributed by atoms with van der Waals surface area (Å²) in [6, 6.07) is 0.618. The Morgan fingerprint density at radius 3 is 3.25 bits per heavy atom. The van der Waals surface area contributed by atoms with Gasteiger partial charge in [0.05, 0.1) is 6.33 Å². The van der Waals surface area contributed by atoms with Crippen LogP contribution >= 0.6 is 22.6 Å². The summed E-state index contributed by atoms with van der Waals surface area (Å²) in [6.07, 6.45) is 5.03. The topological polar surface area (TPSA) is 69.8 Å². The number of hydrogen-bond donors (Lipinski definition) is 3. The summed E-state index contributed by atoms with van der Waals surface area (Å²) in [5.74, 6) is 0.683. The summed E-state index contributed by atoms with van der Waals surface area (Å²) in [6.45, 7) is 1.98. The molecule has 1 aromatic heterocycles. The summed E-state index contributed by atoms with van der Waals surface area (Å²) in [5.41, 5.74) is -0.0860. The average molecular weight is 334 g/mol. The van der Waals surface area contributed by atoms with Gasteiger partial charge in [-0.1, -0.05) is 0 Å². The molecule has 0 bridgehead atoms. The van der Waals surface area contributed by atoms with Crippen molar-refractivity contribution in [2.24, 2.45) is 0 Å². The first-order valence-electron chi connectivity index (χ1n) is 5.48. The van der Waals surface area contributed by atoms with E-state index < -0.39 is 0 Å². The maximum Gasteiger partial charge on any atom is 0.266 e. The zero-order valence-corrected chi connectivity index (χ0v) is 11.1. The van der Waals surface area contributed by atoms with Crippen LogP contribution in [0.3, 0.4) is 0 Å². The highest BCUT2D eigenvalue weighted by Gasteiger charge is 2.13. The number of H-pyrrole nitrogens is 1. The van der Waals surface area contributed by atoms with Crippen molar-refractivity contribution in [2.45, 2.75) is 25.3 Å². The fraction of sp³-hybridized carbons (Fsp3) is 0.600. The molecule has 1 aliphatic rings. The predicted octanol–water partition coefficient (Wildman–Crippen LogP) is 0.928. The van der Waals surface area contributed by atoms with Crippen LogP contribution in [-0.2, 0) is 0 Å². The van der Waals surface area contributed by atoms with Crippen LogP contribution in [0.2, 0.25) is 0 Å². The van der Waals surface area contributed by atoms with E-state index in [1.807, 2.05) is 22.6 Å². The standard InChI is InChI=1S/C10H15IN4O/c11-8-9(14-6-15-10(8)16)13-5-3-7-2-1-4-12-7/h6-7,12H,1-5H2,(H2,13,14,15,16)/t7-/m1/s1. The molecular weight excluding hydrogens is 319 g/mol. The van der Waals surface area contributed by atoms with Crippen LogP contribution < -0.4 is 16.2 Å². The monoisotopic (exact) mass is 334 g/mol. The molecule has 1 atom stereocenters. The van der Waals surface area contributed by atoms with Crippen LogP contribution in [-0.4, -0.2) is 29.1 Å². The number of halogens is 1. The molecule has 1 fully saturated rings. The van der Waals surface area contributed by atoms with Gasteiger partial charge in [0.1, 0.15) is 9.39 Å². The Hall–Kier alpha value is -0.630. The maximum absolute atomic E-state index is 11.3. The van der Waals surface area contributed by atoms with Crippen LogP contribution in [0.5, 0.6) is 0 Å². The molecule has 0 amide bonds. The normalized spacial score (nSPS) is 19.9. The summed E-state index contributed by atoms with van der Waals surface area (Å²) in [7, 11) is 0. The van der Waals surface area contributed by atoms with E-state index in [0.29, 0.717) is 15.4 Å². The Morgan fingerprint density at radius 2 is 2.50 bits per heavy atom. The molecule has 2 rings (SSSR count). The second-order valence-corrected chi connectivity index (χ2v) is 4.98. The van der Waals surface area contributed by atoms with E-state index in [0.717, 1.165) is 19.5 Å². The van der Waals surface area contributed by atoms with Crippen molar-refractivity contribution in [1.82, 2.24) is 15.3 Å². The van der Waals surface area contributed by atoms with Gasteiger partial charge in [0, 0.05) is 12.6 Å².